The minimum Gasteiger partial charge on any atom is -0.477 e. The van der Waals surface area contributed by atoms with Crippen molar-refractivity contribution in [3.05, 3.63) is 12.2 Å². The van der Waals surface area contributed by atoms with E-state index >= 15 is 0 Å². The number of rotatable bonds is 53. The van der Waals surface area contributed by atoms with Crippen LogP contribution in [0.2, 0.25) is 0 Å². The highest BCUT2D eigenvalue weighted by atomic mass is 16.8. The van der Waals surface area contributed by atoms with Gasteiger partial charge in [-0.15, -0.1) is 0 Å². The lowest BCUT2D eigenvalue weighted by molar-refractivity contribution is -0.406. The van der Waals surface area contributed by atoms with Gasteiger partial charge in [0, 0.05) is 32.1 Å². The normalized spacial score (nSPS) is 34.6. The lowest BCUT2D eigenvalue weighted by Gasteiger charge is -2.52. The van der Waals surface area contributed by atoms with Crippen molar-refractivity contribution in [2.75, 3.05) is 39.6 Å². The van der Waals surface area contributed by atoms with Crippen molar-refractivity contribution in [1.29, 1.82) is 0 Å². The topological polar surface area (TPSA) is 529 Å². The van der Waals surface area contributed by atoms with Crippen LogP contribution in [-0.4, -0.2) is 315 Å². The number of nitrogens with one attached hydrogen (secondary N) is 2. The lowest BCUT2D eigenvalue weighted by Crippen LogP contribution is -2.71. The molecule has 33 heteroatoms. The van der Waals surface area contributed by atoms with Crippen LogP contribution in [0.4, 0.5) is 0 Å². The fourth-order valence-corrected chi connectivity index (χ4v) is 14.6. The van der Waals surface area contributed by atoms with Gasteiger partial charge in [0.1, 0.15) is 110 Å². The average molecular weight is 1550 g/mol. The van der Waals surface area contributed by atoms with E-state index in [1.807, 2.05) is 0 Å². The molecule has 0 spiro atoms. The van der Waals surface area contributed by atoms with Gasteiger partial charge in [0.15, 0.2) is 25.2 Å². The molecular formula is C74H132N2O31. The summed E-state index contributed by atoms with van der Waals surface area (Å²) in [6, 6.07) is -2.81. The minimum atomic E-state index is -3.36. The van der Waals surface area contributed by atoms with E-state index in [2.05, 4.69) is 36.6 Å². The third-order valence-corrected chi connectivity index (χ3v) is 20.9. The Hall–Kier alpha value is -3.22. The van der Waals surface area contributed by atoms with Gasteiger partial charge < -0.3 is 150 Å². The van der Waals surface area contributed by atoms with Crippen LogP contribution in [0.1, 0.15) is 220 Å². The summed E-state index contributed by atoms with van der Waals surface area (Å²) in [5.41, 5.74) is 0. The Morgan fingerprint density at radius 3 is 1.50 bits per heavy atom. The summed E-state index contributed by atoms with van der Waals surface area (Å²) < 4.78 is 60.4. The molecule has 0 aromatic carbocycles. The van der Waals surface area contributed by atoms with Gasteiger partial charge in [0.05, 0.1) is 70.0 Å². The van der Waals surface area contributed by atoms with Crippen molar-refractivity contribution < 1.29 is 153 Å². The van der Waals surface area contributed by atoms with Crippen LogP contribution in [0, 0.1) is 5.92 Å². The molecule has 5 fully saturated rings. The molecule has 5 saturated heterocycles. The standard InChI is InChI=1S/C74H132N2O31/c1-5-7-9-11-13-15-17-19-20-22-24-26-28-30-32-34-54(87)76-46(47(84)33-31-29-27-25-23-21-18-16-14-12-10-8-6-2)42-98-70-62(94)60(92)65(52(40-80)101-70)104-72-63(95)68(107-74(73(96)97)36-48(85)55(75-44(4)83)67(106-74)56(88)49(86)37-77)66(53(41-81)102-72)105-69-45(35-43(3)82)64(58(90)51(39-79)99-69)103-71-61(93)59(91)57(89)50(38-78)100-71/h19-20,45-53,55-72,77-81,84-86,88-95H,5-18,21-42H2,1-4H3,(H,75,83)(H,76,87)(H,96,97)/t45-,46+,47-,48+,49-,50-,51-,52-,53-,55-,56-,57+,58+,59+,60-,61-,62-,63-,64-,65-,66+,67?,68-,69+,70-,71+,72+,74+/m1/s1. The lowest BCUT2D eigenvalue weighted by atomic mass is 9.86. The van der Waals surface area contributed by atoms with Crippen molar-refractivity contribution in [2.24, 2.45) is 5.92 Å². The maximum absolute atomic E-state index is 13.8. The molecule has 33 nitrogen and oxygen atoms in total. The molecule has 0 radical (unpaired) electrons. The van der Waals surface area contributed by atoms with Gasteiger partial charge in [-0.1, -0.05) is 161 Å². The predicted molar refractivity (Wildman–Crippen MR) is 380 cm³/mol. The first-order valence-corrected chi connectivity index (χ1v) is 39.3. The van der Waals surface area contributed by atoms with Gasteiger partial charge in [-0.25, -0.2) is 4.79 Å². The largest absolute Gasteiger partial charge is 0.477 e. The summed E-state index contributed by atoms with van der Waals surface area (Å²) in [6.07, 6.45) is -17.2. The quantitative estimate of drug-likeness (QED) is 0.0282. The van der Waals surface area contributed by atoms with Gasteiger partial charge in [0.2, 0.25) is 11.8 Å². The Morgan fingerprint density at radius 2 is 0.972 bits per heavy atom. The summed E-state index contributed by atoms with van der Waals surface area (Å²) in [6.45, 7) is 0.572. The van der Waals surface area contributed by atoms with Crippen LogP contribution < -0.4 is 10.6 Å². The van der Waals surface area contributed by atoms with Crippen LogP contribution in [-0.2, 0) is 66.5 Å². The second kappa shape index (κ2) is 50.1. The van der Waals surface area contributed by atoms with Crippen molar-refractivity contribution in [3.8, 4) is 0 Å². The zero-order valence-electron chi connectivity index (χ0n) is 63.0. The van der Waals surface area contributed by atoms with E-state index in [1.54, 1.807) is 0 Å². The summed E-state index contributed by atoms with van der Waals surface area (Å²) in [5.74, 6) is -9.04. The molecule has 2 amide bonds. The number of ketones is 1. The van der Waals surface area contributed by atoms with Crippen LogP contribution >= 0.6 is 0 Å². The fourth-order valence-electron chi connectivity index (χ4n) is 14.6. The molecule has 5 rings (SSSR count). The molecule has 0 bridgehead atoms. The number of hydrogen-bond donors (Lipinski definition) is 19. The monoisotopic (exact) mass is 1540 g/mol. The fraction of sp³-hybridized carbons (Fsp3) is 0.919. The number of carboxylic acid groups (broad SMARTS) is 1. The third-order valence-electron chi connectivity index (χ3n) is 20.9. The number of hydrogen-bond acceptors (Lipinski definition) is 30. The van der Waals surface area contributed by atoms with E-state index in [0.717, 1.165) is 84.5 Å². The van der Waals surface area contributed by atoms with Gasteiger partial charge in [-0.3, -0.25) is 9.59 Å². The molecule has 28 atom stereocenters. The average Bonchev–Trinajstić information content (AvgIpc) is 0.754. The summed E-state index contributed by atoms with van der Waals surface area (Å²) in [7, 11) is 0. The van der Waals surface area contributed by atoms with Crippen molar-refractivity contribution in [3.63, 3.8) is 0 Å². The highest BCUT2D eigenvalue weighted by Crippen LogP contribution is 2.42. The second-order valence-electron chi connectivity index (χ2n) is 29.6. The number of carbonyl (C=O) groups is 4. The number of ether oxygens (including phenoxy) is 10. The highest BCUT2D eigenvalue weighted by molar-refractivity contribution is 5.77. The molecule has 1 unspecified atom stereocenters. The molecule has 624 valence electrons. The molecule has 0 aromatic rings. The number of Topliss-reactive ketones (excluding diaryl/α,β-unsaturated/α-hetero) is 1. The van der Waals surface area contributed by atoms with Crippen LogP contribution in [0.15, 0.2) is 12.2 Å². The first-order valence-electron chi connectivity index (χ1n) is 39.3. The number of amides is 2. The van der Waals surface area contributed by atoms with E-state index < -0.39 is 241 Å². The maximum atomic E-state index is 13.8. The van der Waals surface area contributed by atoms with E-state index in [-0.39, 0.29) is 18.7 Å². The van der Waals surface area contributed by atoms with E-state index in [1.165, 1.54) is 83.5 Å². The molecule has 0 aliphatic carbocycles. The molecular weight excluding hydrogens is 1410 g/mol. The second-order valence-corrected chi connectivity index (χ2v) is 29.6. The van der Waals surface area contributed by atoms with Crippen LogP contribution in [0.5, 0.6) is 0 Å². The van der Waals surface area contributed by atoms with Gasteiger partial charge >= 0.3 is 5.97 Å². The Kier molecular flexibility index (Phi) is 44.2. The van der Waals surface area contributed by atoms with Crippen LogP contribution in [0.25, 0.3) is 0 Å². The van der Waals surface area contributed by atoms with Gasteiger partial charge in [-0.2, -0.15) is 0 Å². The SMILES string of the molecule is CCCCCCCCC=CCCCCCCCC(=O)N[C@@H](CO[C@@H]1O[C@H](CO)[C@@H](O[C@@H]2O[C@H](CO)[C@H](O[C@@H]3O[C@H](CO)[C@H](O)[C@H](O[C@@H]4O[C@H](CO)[C@H](O)[C@H](O)[C@H]4O)[C@H]3CC(C)=O)[C@H](O[C@]3(C(=O)O)C[C@H](O)[C@@H](NC(C)=O)C([C@H](O)[C@H](O)CO)O3)[C@H]2O)[C@H](O)[C@H]1O)[C@H](O)CCCCCCCCCCCCCCC. The maximum Gasteiger partial charge on any atom is 0.364 e. The van der Waals surface area contributed by atoms with E-state index in [9.17, 15) is 106 Å². The Morgan fingerprint density at radius 1 is 0.505 bits per heavy atom. The summed E-state index contributed by atoms with van der Waals surface area (Å²) in [5, 5.41) is 195. The zero-order chi connectivity index (χ0) is 78.8. The molecule has 5 heterocycles. The Balaban J connectivity index is 1.39. The minimum absolute atomic E-state index is 0.148. The molecule has 5 aliphatic rings. The summed E-state index contributed by atoms with van der Waals surface area (Å²) >= 11 is 0. The first-order chi connectivity index (χ1) is 51.3. The van der Waals surface area contributed by atoms with Gasteiger partial charge in [-0.05, 0) is 45.4 Å². The number of allylic oxidation sites excluding steroid dienone is 2. The number of aliphatic carboxylic acids is 1. The van der Waals surface area contributed by atoms with Crippen molar-refractivity contribution in [1.82, 2.24) is 10.6 Å². The number of aliphatic hydroxyl groups excluding tert-OH is 16. The smallest absolute Gasteiger partial charge is 0.364 e. The Labute approximate surface area is 628 Å². The number of aliphatic hydroxyl groups is 16. The Bertz CT molecular complexity index is 2500. The van der Waals surface area contributed by atoms with E-state index in [4.69, 9.17) is 47.4 Å². The predicted octanol–water partition coefficient (Wildman–Crippen LogP) is 0.0482. The first kappa shape index (κ1) is 94.4. The van der Waals surface area contributed by atoms with Crippen molar-refractivity contribution >= 4 is 23.6 Å². The summed E-state index contributed by atoms with van der Waals surface area (Å²) in [4.78, 5) is 53.1. The molecule has 0 saturated carbocycles. The molecule has 19 N–H and O–H groups in total. The van der Waals surface area contributed by atoms with E-state index in [0.29, 0.717) is 12.8 Å². The van der Waals surface area contributed by atoms with Crippen LogP contribution in [0.3, 0.4) is 0 Å². The number of unbranched alkanes of at least 4 members (excludes halogenated alkanes) is 23. The van der Waals surface area contributed by atoms with Gasteiger partial charge in [0.25, 0.3) is 5.79 Å². The number of carboxylic acids is 1. The molecule has 107 heavy (non-hydrogen) atoms. The number of carbonyl (C=O) groups excluding carboxylic acids is 3. The third kappa shape index (κ3) is 29.3. The molecule has 5 aliphatic heterocycles. The highest BCUT2D eigenvalue weighted by Gasteiger charge is 2.62. The zero-order valence-corrected chi connectivity index (χ0v) is 63.0. The van der Waals surface area contributed by atoms with Crippen molar-refractivity contribution in [2.45, 2.75) is 385 Å². The molecule has 0 aromatic heterocycles.